The number of rotatable bonds is 14. The number of ether oxygens (including phenoxy) is 3. The normalized spacial score (nSPS) is 27.6. The van der Waals surface area contributed by atoms with Crippen molar-refractivity contribution in [1.82, 2.24) is 36.8 Å². The molecule has 0 spiro atoms. The molecule has 22 nitrogen and oxygen atoms in total. The number of aliphatic hydroxyl groups is 3. The van der Waals surface area contributed by atoms with Crippen LogP contribution in [0.2, 0.25) is 0 Å². The van der Waals surface area contributed by atoms with E-state index in [-0.39, 0.29) is 29.9 Å². The van der Waals surface area contributed by atoms with E-state index in [1.807, 2.05) is 6.92 Å². The van der Waals surface area contributed by atoms with E-state index in [0.29, 0.717) is 11.3 Å². The van der Waals surface area contributed by atoms with Gasteiger partial charge in [0.25, 0.3) is 0 Å². The quantitative estimate of drug-likeness (QED) is 0.0946. The van der Waals surface area contributed by atoms with Gasteiger partial charge in [0.15, 0.2) is 6.04 Å². The average Bonchev–Trinajstić information content (AvgIpc) is 3.42. The molecule has 0 aliphatic carbocycles. The van der Waals surface area contributed by atoms with Crippen molar-refractivity contribution in [1.29, 1.82) is 0 Å². The predicted octanol–water partition coefficient (Wildman–Crippen LogP) is 1.14. The van der Waals surface area contributed by atoms with Crippen LogP contribution in [0, 0.1) is 17.8 Å². The third-order valence-corrected chi connectivity index (χ3v) is 15.1. The largest absolute Gasteiger partial charge is 0.487 e. The maximum Gasteiger partial charge on any atom is 0.332 e. The second-order valence-corrected chi connectivity index (χ2v) is 21.5. The molecule has 3 aliphatic rings. The summed E-state index contributed by atoms with van der Waals surface area (Å²) in [4.78, 5) is 130. The summed E-state index contributed by atoms with van der Waals surface area (Å²) in [5, 5.41) is 49.2. The molecule has 0 radical (unpaired) electrons. The number of nitrogens with one attached hydrogen (secondary N) is 6. The summed E-state index contributed by atoms with van der Waals surface area (Å²) >= 11 is 1.43. The van der Waals surface area contributed by atoms with Gasteiger partial charge in [0.05, 0.1) is 18.1 Å². The number of aliphatic hydroxyl groups excluding tert-OH is 2. The van der Waals surface area contributed by atoms with Crippen LogP contribution in [0.1, 0.15) is 98.7 Å². The zero-order chi connectivity index (χ0) is 58.0. The van der Waals surface area contributed by atoms with Crippen molar-refractivity contribution in [2.24, 2.45) is 17.8 Å². The lowest BCUT2D eigenvalue weighted by molar-refractivity contribution is -0.160. The first-order chi connectivity index (χ1) is 36.8. The fourth-order valence-electron chi connectivity index (χ4n) is 8.39. The minimum atomic E-state index is -1.97. The van der Waals surface area contributed by atoms with E-state index >= 15 is 4.79 Å². The predicted molar refractivity (Wildman–Crippen MR) is 289 cm³/mol. The standard InChI is InChI=1S/C55H79N7O15S/c1-11-13-25-78-29-55(74)24-23-41(64)56-27-42(65)75-28-39-54(73)76-34(8)45(60-48(67)32(6)47(66)30(3)4)52(71)58-43(31(5)12-2)50(69)61-46(37-19-21-38(22-20-37)77-35(55)9)53(72)62(10)40(26-36-17-15-14-16-18-36)49(68)59-44(33(7)63)51(70)57-39/h14-24,30-35,39-40,43-47,63,66,74H,11-13,25-29H2,1-10H3,(H,56,64)(H,57,70)(H,58,71)(H,59,68)(H,60,67)(H,61,69)/b24-23+/t31-,32+,33+,34+,35+,39-,40-,43+,44+,45-,46?,47+,55-/m0/s1. The monoisotopic (exact) mass is 1110 g/mol. The lowest BCUT2D eigenvalue weighted by Gasteiger charge is -2.34. The second kappa shape index (κ2) is 30.0. The van der Waals surface area contributed by atoms with Gasteiger partial charge >= 0.3 is 11.9 Å². The summed E-state index contributed by atoms with van der Waals surface area (Å²) in [5.41, 5.74) is -1.04. The molecule has 4 bridgehead atoms. The highest BCUT2D eigenvalue weighted by Crippen LogP contribution is 2.28. The molecule has 430 valence electrons. The first kappa shape index (κ1) is 64.0. The van der Waals surface area contributed by atoms with Crippen LogP contribution in [-0.4, -0.2) is 165 Å². The van der Waals surface area contributed by atoms with Gasteiger partial charge in [0, 0.05) is 25.3 Å². The van der Waals surface area contributed by atoms with Gasteiger partial charge < -0.3 is 66.3 Å². The number of carbonyl (C=O) groups excluding carboxylic acids is 9. The molecule has 1 unspecified atom stereocenters. The fraction of sp³-hybridized carbons (Fsp3) is 0.582. The molecule has 9 N–H and O–H groups in total. The topological polar surface area (TPSA) is 317 Å². The van der Waals surface area contributed by atoms with Gasteiger partial charge in [0.2, 0.25) is 41.4 Å². The van der Waals surface area contributed by atoms with Crippen molar-refractivity contribution in [2.45, 2.75) is 154 Å². The highest BCUT2D eigenvalue weighted by molar-refractivity contribution is 7.99. The molecule has 7 amide bonds. The molecule has 1 saturated heterocycles. The average molecular weight is 1110 g/mol. The highest BCUT2D eigenvalue weighted by Gasteiger charge is 2.42. The summed E-state index contributed by atoms with van der Waals surface area (Å²) < 4.78 is 17.4. The van der Waals surface area contributed by atoms with Gasteiger partial charge in [-0.3, -0.25) is 38.4 Å². The Kier molecular flexibility index (Phi) is 24.6. The number of nitrogens with zero attached hydrogens (tertiary/aromatic N) is 1. The van der Waals surface area contributed by atoms with Crippen molar-refractivity contribution < 1.29 is 72.7 Å². The van der Waals surface area contributed by atoms with Crippen LogP contribution in [0.5, 0.6) is 5.75 Å². The summed E-state index contributed by atoms with van der Waals surface area (Å²) in [6.07, 6.45) is -1.40. The van der Waals surface area contributed by atoms with Gasteiger partial charge in [-0.25, -0.2) is 4.79 Å². The Morgan fingerprint density at radius 2 is 1.47 bits per heavy atom. The maximum atomic E-state index is 15.3. The summed E-state index contributed by atoms with van der Waals surface area (Å²) in [6.45, 7) is 12.4. The summed E-state index contributed by atoms with van der Waals surface area (Å²) in [6, 6.07) is 4.35. The number of benzene rings is 2. The minimum absolute atomic E-state index is 0.0872. The number of hydrogen-bond donors (Lipinski definition) is 9. The molecule has 2 aromatic rings. The van der Waals surface area contributed by atoms with Crippen molar-refractivity contribution in [3.05, 3.63) is 77.9 Å². The zero-order valence-corrected chi connectivity index (χ0v) is 46.9. The van der Waals surface area contributed by atoms with Crippen LogP contribution in [-0.2, 0) is 59.0 Å². The van der Waals surface area contributed by atoms with Gasteiger partial charge in [0.1, 0.15) is 66.9 Å². The number of fused-ring (bicyclic) bond motifs is 11. The molecule has 0 aromatic heterocycles. The smallest absolute Gasteiger partial charge is 0.332 e. The van der Waals surface area contributed by atoms with Crippen molar-refractivity contribution in [3.8, 4) is 5.75 Å². The maximum absolute atomic E-state index is 15.3. The van der Waals surface area contributed by atoms with Crippen LogP contribution < -0.4 is 36.6 Å². The molecule has 3 aliphatic heterocycles. The van der Waals surface area contributed by atoms with Crippen LogP contribution in [0.25, 0.3) is 0 Å². The third-order valence-electron chi connectivity index (χ3n) is 13.9. The molecular weight excluding hydrogens is 1030 g/mol. The van der Waals surface area contributed by atoms with Gasteiger partial charge in [-0.15, -0.1) is 0 Å². The number of amides is 7. The molecule has 13 atom stereocenters. The zero-order valence-electron chi connectivity index (χ0n) is 46.1. The summed E-state index contributed by atoms with van der Waals surface area (Å²) in [7, 11) is 1.31. The Morgan fingerprint density at radius 3 is 2.09 bits per heavy atom. The molecular formula is C55H79N7O15S. The van der Waals surface area contributed by atoms with E-state index in [1.165, 1.54) is 69.9 Å². The van der Waals surface area contributed by atoms with E-state index in [4.69, 9.17) is 14.2 Å². The number of likely N-dealkylation sites (N-methyl/N-ethyl adjacent to an activating group) is 1. The Balaban J connectivity index is 2.02. The van der Waals surface area contributed by atoms with Crippen molar-refractivity contribution in [2.75, 3.05) is 31.7 Å². The minimum Gasteiger partial charge on any atom is -0.487 e. The molecule has 23 heteroatoms. The van der Waals surface area contributed by atoms with Crippen molar-refractivity contribution in [3.63, 3.8) is 0 Å². The number of cyclic esters (lactones) is 1. The van der Waals surface area contributed by atoms with Crippen LogP contribution in [0.4, 0.5) is 0 Å². The number of thioether (sulfide) groups is 1. The van der Waals surface area contributed by atoms with Gasteiger partial charge in [-0.05, 0) is 74.1 Å². The van der Waals surface area contributed by atoms with Gasteiger partial charge in [-0.1, -0.05) is 96.8 Å². The van der Waals surface area contributed by atoms with E-state index in [1.54, 1.807) is 65.0 Å². The third kappa shape index (κ3) is 18.0. The molecule has 78 heavy (non-hydrogen) atoms. The van der Waals surface area contributed by atoms with Crippen LogP contribution in [0.3, 0.4) is 0 Å². The Bertz CT molecular complexity index is 2430. The Labute approximate surface area is 460 Å². The van der Waals surface area contributed by atoms with E-state index in [2.05, 4.69) is 31.9 Å². The first-order valence-electron chi connectivity index (χ1n) is 26.4. The van der Waals surface area contributed by atoms with Crippen molar-refractivity contribution >= 4 is 65.1 Å². The number of carbonyl (C=O) groups is 9. The van der Waals surface area contributed by atoms with E-state index in [9.17, 15) is 53.7 Å². The second-order valence-electron chi connectivity index (χ2n) is 20.4. The molecule has 1 fully saturated rings. The summed E-state index contributed by atoms with van der Waals surface area (Å²) in [5.74, 6) is -10.3. The first-order valence-corrected chi connectivity index (χ1v) is 27.6. The molecule has 2 aromatic carbocycles. The number of hydrogen-bond acceptors (Lipinski definition) is 16. The molecule has 5 rings (SSSR count). The lowest BCUT2D eigenvalue weighted by atomic mass is 9.93. The Morgan fingerprint density at radius 1 is 0.833 bits per heavy atom. The van der Waals surface area contributed by atoms with Crippen LogP contribution >= 0.6 is 11.8 Å². The van der Waals surface area contributed by atoms with E-state index < -0.39 is 150 Å². The fourth-order valence-corrected chi connectivity index (χ4v) is 9.68. The Hall–Kier alpha value is -6.56. The SMILES string of the molecule is CCCCSC[C@@]1(O)/C=C/C(=O)NCC(=O)OC[C@@H]2NC(=O)[C@@H]([C@@H](C)O)NC(=O)[C@H](Cc3ccccc3)N(C)C(=O)C(NC(=O)[C@@H]([C@@H](C)CC)NC(=O)[C@@H](NC(=O)[C@H](C)[C@H](O)C(C)C)[C@@H](C)OC2=O)c2ccc(cc2)O[C@@H]1C. The molecule has 3 heterocycles. The molecule has 0 saturated carbocycles. The van der Waals surface area contributed by atoms with Gasteiger partial charge in [-0.2, -0.15) is 11.8 Å². The number of unbranched alkanes of at least 4 members (excludes halogenated alkanes) is 1. The van der Waals surface area contributed by atoms with E-state index in [0.717, 1.165) is 23.8 Å². The number of esters is 2. The highest BCUT2D eigenvalue weighted by atomic mass is 32.2. The van der Waals surface area contributed by atoms with Crippen LogP contribution in [0.15, 0.2) is 66.7 Å². The lowest BCUT2D eigenvalue weighted by Crippen LogP contribution is -2.61.